The molecule has 1 aliphatic rings. The number of carbonyl (C=O) groups excluding carboxylic acids is 3. The summed E-state index contributed by atoms with van der Waals surface area (Å²) in [6, 6.07) is 23.3. The van der Waals surface area contributed by atoms with Crippen LogP contribution in [-0.2, 0) is 30.9 Å². The molecule has 0 aliphatic heterocycles. The van der Waals surface area contributed by atoms with Gasteiger partial charge in [0.05, 0.1) is 41.6 Å². The van der Waals surface area contributed by atoms with Gasteiger partial charge in [-0.15, -0.1) is 0 Å². The Kier molecular flexibility index (Phi) is 12.3. The van der Waals surface area contributed by atoms with E-state index in [1.54, 1.807) is 54.6 Å². The minimum Gasteiger partial charge on any atom is -0.389 e. The van der Waals surface area contributed by atoms with Gasteiger partial charge in [0.15, 0.2) is 0 Å². The highest BCUT2D eigenvalue weighted by atomic mass is 32.2. The maximum Gasteiger partial charge on any atom is 0.270 e. The standard InChI is InChI=1S/C37H43N5O7S/c1-25-16-19-29(20-17-25)50(47,48)42(49-28-13-6-3-7-14-28)24-34(43)32(22-26-10-4-2-5-11-26)40-37(46)33(23-35(38)44)41-36(45)31-21-18-27-12-8-9-15-30(27)39-31/h2,4-5,8-12,15-21,28,32-34,43H,3,6-7,13-14,22-24H2,1H3,(H2,38,44)(H,40,46)(H,41,45)/t32-,33-,34+/m0/s1. The minimum absolute atomic E-state index is 0.00119. The van der Waals surface area contributed by atoms with E-state index in [4.69, 9.17) is 10.6 Å². The summed E-state index contributed by atoms with van der Waals surface area (Å²) in [7, 11) is -4.23. The molecule has 1 saturated carbocycles. The molecule has 1 aliphatic carbocycles. The third-order valence-corrected chi connectivity index (χ3v) is 10.3. The average molecular weight is 702 g/mol. The van der Waals surface area contributed by atoms with E-state index in [0.717, 1.165) is 40.2 Å². The van der Waals surface area contributed by atoms with Crippen molar-refractivity contribution in [3.8, 4) is 0 Å². The van der Waals surface area contributed by atoms with Crippen LogP contribution >= 0.6 is 0 Å². The molecule has 1 fully saturated rings. The molecule has 50 heavy (non-hydrogen) atoms. The van der Waals surface area contributed by atoms with Gasteiger partial charge in [-0.3, -0.25) is 19.2 Å². The van der Waals surface area contributed by atoms with E-state index in [0.29, 0.717) is 18.4 Å². The first-order valence-electron chi connectivity index (χ1n) is 16.7. The third kappa shape index (κ3) is 9.72. The van der Waals surface area contributed by atoms with Crippen molar-refractivity contribution in [2.24, 2.45) is 5.73 Å². The number of nitrogens with two attached hydrogens (primary N) is 1. The fourth-order valence-electron chi connectivity index (χ4n) is 5.91. The Hall–Kier alpha value is -4.69. The molecule has 13 heteroatoms. The first-order chi connectivity index (χ1) is 24.0. The molecule has 12 nitrogen and oxygen atoms in total. The zero-order valence-electron chi connectivity index (χ0n) is 27.9. The van der Waals surface area contributed by atoms with E-state index in [9.17, 15) is 27.9 Å². The van der Waals surface area contributed by atoms with Crippen LogP contribution in [0, 0.1) is 6.92 Å². The molecule has 3 amide bonds. The monoisotopic (exact) mass is 701 g/mol. The topological polar surface area (TPSA) is 181 Å². The number of pyridine rings is 1. The number of sulfonamides is 1. The summed E-state index contributed by atoms with van der Waals surface area (Å²) in [5.74, 6) is -2.33. The maximum atomic E-state index is 13.9. The van der Waals surface area contributed by atoms with Gasteiger partial charge in [0.1, 0.15) is 11.7 Å². The Labute approximate surface area is 292 Å². The number of fused-ring (bicyclic) bond motifs is 1. The van der Waals surface area contributed by atoms with Gasteiger partial charge in [-0.2, -0.15) is 0 Å². The predicted octanol–water partition coefficient (Wildman–Crippen LogP) is 3.56. The van der Waals surface area contributed by atoms with Gasteiger partial charge in [0.2, 0.25) is 11.8 Å². The van der Waals surface area contributed by atoms with E-state index in [1.165, 1.54) is 18.2 Å². The molecule has 264 valence electrons. The number of para-hydroxylation sites is 1. The van der Waals surface area contributed by atoms with Crippen LogP contribution in [0.2, 0.25) is 0 Å². The number of rotatable bonds is 15. The molecule has 1 heterocycles. The lowest BCUT2D eigenvalue weighted by molar-refractivity contribution is -0.157. The zero-order valence-corrected chi connectivity index (χ0v) is 28.7. The molecule has 0 saturated heterocycles. The van der Waals surface area contributed by atoms with Crippen molar-refractivity contribution in [1.82, 2.24) is 20.1 Å². The number of aryl methyl sites for hydroxylation is 1. The lowest BCUT2D eigenvalue weighted by Gasteiger charge is -2.33. The number of amides is 3. The summed E-state index contributed by atoms with van der Waals surface area (Å²) in [4.78, 5) is 49.6. The fourth-order valence-corrected chi connectivity index (χ4v) is 7.21. The summed E-state index contributed by atoms with van der Waals surface area (Å²) >= 11 is 0. The van der Waals surface area contributed by atoms with E-state index < -0.39 is 58.9 Å². The lowest BCUT2D eigenvalue weighted by Crippen LogP contribution is -2.56. The molecule has 3 atom stereocenters. The van der Waals surface area contributed by atoms with E-state index in [-0.39, 0.29) is 23.1 Å². The number of nitrogens with zero attached hydrogens (tertiary/aromatic N) is 2. The van der Waals surface area contributed by atoms with Crippen molar-refractivity contribution in [2.75, 3.05) is 6.54 Å². The molecule has 0 spiro atoms. The summed E-state index contributed by atoms with van der Waals surface area (Å²) in [5.41, 5.74) is 7.70. The quantitative estimate of drug-likeness (QED) is 0.136. The van der Waals surface area contributed by atoms with Crippen molar-refractivity contribution >= 4 is 38.6 Å². The lowest BCUT2D eigenvalue weighted by atomic mass is 9.98. The molecule has 0 radical (unpaired) electrons. The summed E-state index contributed by atoms with van der Waals surface area (Å²) in [6.07, 6.45) is 1.86. The molecule has 3 aromatic carbocycles. The molecule has 0 bridgehead atoms. The van der Waals surface area contributed by atoms with Crippen LogP contribution in [0.3, 0.4) is 0 Å². The Bertz CT molecular complexity index is 1880. The number of benzene rings is 3. The number of primary amides is 1. The normalized spacial score (nSPS) is 15.7. The SMILES string of the molecule is Cc1ccc(S(=O)(=O)N(C[C@@H](O)[C@H](Cc2ccccc2)NC(=O)[C@H](CC(N)=O)NC(=O)c2ccc3ccccc3n2)OC2CCCCC2)cc1. The van der Waals surface area contributed by atoms with Crippen LogP contribution in [0.4, 0.5) is 0 Å². The summed E-state index contributed by atoms with van der Waals surface area (Å²) < 4.78 is 28.7. The minimum atomic E-state index is -4.23. The number of hydrogen-bond acceptors (Lipinski definition) is 8. The largest absolute Gasteiger partial charge is 0.389 e. The van der Waals surface area contributed by atoms with Gasteiger partial charge in [-0.1, -0.05) is 96.0 Å². The number of hydroxylamine groups is 1. The van der Waals surface area contributed by atoms with Crippen LogP contribution < -0.4 is 16.4 Å². The van der Waals surface area contributed by atoms with Crippen molar-refractivity contribution in [3.63, 3.8) is 0 Å². The summed E-state index contributed by atoms with van der Waals surface area (Å²) in [5, 5.41) is 17.8. The van der Waals surface area contributed by atoms with Gasteiger partial charge >= 0.3 is 0 Å². The van der Waals surface area contributed by atoms with Crippen LogP contribution in [-0.4, -0.2) is 71.5 Å². The number of carbonyl (C=O) groups is 3. The Morgan fingerprint density at radius 3 is 2.30 bits per heavy atom. The molecule has 4 aromatic rings. The van der Waals surface area contributed by atoms with Gasteiger partial charge in [-0.25, -0.2) is 13.4 Å². The second kappa shape index (κ2) is 16.8. The Morgan fingerprint density at radius 1 is 0.920 bits per heavy atom. The van der Waals surface area contributed by atoms with E-state index in [1.807, 2.05) is 25.1 Å². The second-order valence-corrected chi connectivity index (χ2v) is 14.5. The Balaban J connectivity index is 1.39. The number of aliphatic hydroxyl groups is 1. The molecule has 5 rings (SSSR count). The highest BCUT2D eigenvalue weighted by Crippen LogP contribution is 2.26. The van der Waals surface area contributed by atoms with Gasteiger partial charge in [0, 0.05) is 5.39 Å². The number of aliphatic hydroxyl groups excluding tert-OH is 1. The van der Waals surface area contributed by atoms with E-state index >= 15 is 0 Å². The number of aromatic nitrogens is 1. The van der Waals surface area contributed by atoms with Gasteiger partial charge in [0.25, 0.3) is 15.9 Å². The maximum absolute atomic E-state index is 13.9. The summed E-state index contributed by atoms with van der Waals surface area (Å²) in [6.45, 7) is 1.35. The molecular formula is C37H43N5O7S. The number of nitrogens with one attached hydrogen (secondary N) is 2. The van der Waals surface area contributed by atoms with Crippen LogP contribution in [0.1, 0.15) is 60.1 Å². The third-order valence-electron chi connectivity index (χ3n) is 8.69. The van der Waals surface area contributed by atoms with Gasteiger partial charge < -0.3 is 21.5 Å². The van der Waals surface area contributed by atoms with Crippen LogP contribution in [0.25, 0.3) is 10.9 Å². The molecule has 0 unspecified atom stereocenters. The van der Waals surface area contributed by atoms with Crippen LogP contribution in [0.15, 0.2) is 95.9 Å². The first-order valence-corrected chi connectivity index (χ1v) is 18.2. The zero-order chi connectivity index (χ0) is 35.7. The molecule has 1 aromatic heterocycles. The first kappa shape index (κ1) is 36.6. The molecular weight excluding hydrogens is 659 g/mol. The average Bonchev–Trinajstić information content (AvgIpc) is 3.11. The fraction of sp³-hybridized carbons (Fsp3) is 0.351. The van der Waals surface area contributed by atoms with Crippen molar-refractivity contribution in [3.05, 3.63) is 108 Å². The highest BCUT2D eigenvalue weighted by molar-refractivity contribution is 7.89. The Morgan fingerprint density at radius 2 is 1.60 bits per heavy atom. The number of hydrogen-bond donors (Lipinski definition) is 4. The predicted molar refractivity (Wildman–Crippen MR) is 188 cm³/mol. The van der Waals surface area contributed by atoms with Gasteiger partial charge in [-0.05, 0) is 56.0 Å². The molecule has 5 N–H and O–H groups in total. The highest BCUT2D eigenvalue weighted by Gasteiger charge is 2.35. The smallest absolute Gasteiger partial charge is 0.270 e. The second-order valence-electron chi connectivity index (χ2n) is 12.6. The van der Waals surface area contributed by atoms with Crippen LogP contribution in [0.5, 0.6) is 0 Å². The van der Waals surface area contributed by atoms with Crippen molar-refractivity contribution in [2.45, 2.75) is 81.1 Å². The van der Waals surface area contributed by atoms with E-state index in [2.05, 4.69) is 15.6 Å². The van der Waals surface area contributed by atoms with Crippen molar-refractivity contribution < 1.29 is 32.7 Å². The van der Waals surface area contributed by atoms with Crippen molar-refractivity contribution in [1.29, 1.82) is 0 Å².